The minimum atomic E-state index is -0.404. The standard InChI is InChI=1S/C20H26ClFN2OS2/c1-20(2,3)24-19(25)18(21)17(13-23-24)26-14-16-9-6-8-15(10-11-16)7-4-5-12-27-22/h6,8-11,13,15H,4-5,7,12,14H2,1-3H3. The number of halogens is 2. The van der Waals surface area contributed by atoms with Crippen LogP contribution in [0.25, 0.3) is 0 Å². The van der Waals surface area contributed by atoms with Crippen molar-refractivity contribution in [3.63, 3.8) is 0 Å². The maximum Gasteiger partial charge on any atom is 0.287 e. The van der Waals surface area contributed by atoms with Gasteiger partial charge in [0.2, 0.25) is 0 Å². The molecule has 1 heterocycles. The van der Waals surface area contributed by atoms with Crippen LogP contribution in [0.3, 0.4) is 0 Å². The van der Waals surface area contributed by atoms with Gasteiger partial charge in [0.15, 0.2) is 0 Å². The topological polar surface area (TPSA) is 34.9 Å². The highest BCUT2D eigenvalue weighted by Crippen LogP contribution is 2.27. The molecule has 148 valence electrons. The van der Waals surface area contributed by atoms with Crippen LogP contribution in [0.15, 0.2) is 51.8 Å². The first kappa shape index (κ1) is 22.3. The first-order valence-electron chi connectivity index (χ1n) is 9.03. The predicted molar refractivity (Wildman–Crippen MR) is 116 cm³/mol. The predicted octanol–water partition coefficient (Wildman–Crippen LogP) is 6.20. The van der Waals surface area contributed by atoms with Gasteiger partial charge in [0.25, 0.3) is 5.56 Å². The largest absolute Gasteiger partial charge is 0.287 e. The third-order valence-corrected chi connectivity index (χ3v) is 6.17. The maximum absolute atomic E-state index is 12.4. The minimum Gasteiger partial charge on any atom is -0.266 e. The summed E-state index contributed by atoms with van der Waals surface area (Å²) in [5.74, 6) is 1.67. The van der Waals surface area contributed by atoms with E-state index in [0.29, 0.717) is 34.5 Å². The third-order valence-electron chi connectivity index (χ3n) is 4.15. The zero-order chi connectivity index (χ0) is 19.9. The fourth-order valence-corrected chi connectivity index (χ4v) is 4.13. The van der Waals surface area contributed by atoms with Crippen molar-refractivity contribution >= 4 is 35.5 Å². The number of allylic oxidation sites excluding steroid dienone is 5. The van der Waals surface area contributed by atoms with Gasteiger partial charge in [0.1, 0.15) is 5.02 Å². The fourth-order valence-electron chi connectivity index (χ4n) is 2.67. The smallest absolute Gasteiger partial charge is 0.266 e. The van der Waals surface area contributed by atoms with E-state index in [0.717, 1.165) is 24.8 Å². The number of hydrogen-bond donors (Lipinski definition) is 0. The molecule has 0 saturated heterocycles. The number of hydrogen-bond acceptors (Lipinski definition) is 4. The molecule has 1 aliphatic carbocycles. The summed E-state index contributed by atoms with van der Waals surface area (Å²) in [7, 11) is 0. The number of nitrogens with zero attached hydrogens (tertiary/aromatic N) is 2. The van der Waals surface area contributed by atoms with Gasteiger partial charge in [-0.2, -0.15) is 8.98 Å². The van der Waals surface area contributed by atoms with E-state index < -0.39 is 5.54 Å². The third kappa shape index (κ3) is 6.84. The molecular formula is C20H26ClFN2OS2. The summed E-state index contributed by atoms with van der Waals surface area (Å²) in [5, 5.41) is 4.50. The summed E-state index contributed by atoms with van der Waals surface area (Å²) in [4.78, 5) is 13.1. The Hall–Kier alpha value is -0.980. The maximum atomic E-state index is 12.4. The number of unbranched alkanes of at least 4 members (excludes halogenated alkanes) is 1. The van der Waals surface area contributed by atoms with Gasteiger partial charge < -0.3 is 0 Å². The molecule has 0 N–H and O–H groups in total. The molecule has 0 bridgehead atoms. The summed E-state index contributed by atoms with van der Waals surface area (Å²) in [6.45, 7) is 5.76. The van der Waals surface area contributed by atoms with Crippen LogP contribution in [0.4, 0.5) is 3.89 Å². The number of aromatic nitrogens is 2. The Morgan fingerprint density at radius 3 is 2.78 bits per heavy atom. The average Bonchev–Trinajstić information content (AvgIpc) is 2.84. The fraction of sp³-hybridized carbons (Fsp3) is 0.500. The molecule has 1 atom stereocenters. The first-order chi connectivity index (χ1) is 12.8. The van der Waals surface area contributed by atoms with Crippen LogP contribution in [0.2, 0.25) is 5.02 Å². The molecule has 2 rings (SSSR count). The van der Waals surface area contributed by atoms with E-state index in [4.69, 9.17) is 11.6 Å². The minimum absolute atomic E-state index is 0.224. The second kappa shape index (κ2) is 10.5. The average molecular weight is 429 g/mol. The van der Waals surface area contributed by atoms with Crippen molar-refractivity contribution < 1.29 is 3.89 Å². The Bertz CT molecular complexity index is 781. The molecule has 0 spiro atoms. The molecule has 7 heteroatoms. The van der Waals surface area contributed by atoms with Gasteiger partial charge in [-0.15, -0.1) is 11.8 Å². The Balaban J connectivity index is 1.96. The van der Waals surface area contributed by atoms with Gasteiger partial charge in [-0.25, -0.2) is 4.68 Å². The van der Waals surface area contributed by atoms with Gasteiger partial charge >= 0.3 is 0 Å². The molecule has 3 nitrogen and oxygen atoms in total. The van der Waals surface area contributed by atoms with Gasteiger partial charge in [0, 0.05) is 23.7 Å². The Morgan fingerprint density at radius 1 is 1.30 bits per heavy atom. The summed E-state index contributed by atoms with van der Waals surface area (Å²) >= 11 is 8.22. The summed E-state index contributed by atoms with van der Waals surface area (Å²) in [6.07, 6.45) is 15.3. The van der Waals surface area contributed by atoms with Crippen LogP contribution < -0.4 is 5.56 Å². The Morgan fingerprint density at radius 2 is 2.07 bits per heavy atom. The van der Waals surface area contributed by atoms with E-state index in [2.05, 4.69) is 35.5 Å². The second-order valence-corrected chi connectivity index (χ2v) is 9.48. The Labute approximate surface area is 174 Å². The van der Waals surface area contributed by atoms with E-state index in [9.17, 15) is 8.68 Å². The van der Waals surface area contributed by atoms with Crippen LogP contribution in [0, 0.1) is 5.92 Å². The highest BCUT2D eigenvalue weighted by atomic mass is 35.5. The number of rotatable bonds is 8. The monoisotopic (exact) mass is 428 g/mol. The molecule has 1 aromatic rings. The SMILES string of the molecule is CC(C)(C)n1ncc(SCC2=CC=CC(CCCCSF)C=C2)c(Cl)c1=O. The molecule has 1 unspecified atom stereocenters. The van der Waals surface area contributed by atoms with E-state index in [1.54, 1.807) is 6.20 Å². The second-order valence-electron chi connectivity index (χ2n) is 7.46. The molecule has 0 radical (unpaired) electrons. The highest BCUT2D eigenvalue weighted by Gasteiger charge is 2.19. The van der Waals surface area contributed by atoms with Crippen molar-refractivity contribution in [2.75, 3.05) is 11.5 Å². The zero-order valence-corrected chi connectivity index (χ0v) is 18.3. The van der Waals surface area contributed by atoms with E-state index >= 15 is 0 Å². The molecule has 0 aliphatic heterocycles. The van der Waals surface area contributed by atoms with Crippen molar-refractivity contribution in [3.8, 4) is 0 Å². The van der Waals surface area contributed by atoms with Crippen molar-refractivity contribution in [1.29, 1.82) is 0 Å². The first-order valence-corrected chi connectivity index (χ1v) is 11.3. The van der Waals surface area contributed by atoms with Crippen LogP contribution in [0.5, 0.6) is 0 Å². The molecule has 0 fully saturated rings. The lowest BCUT2D eigenvalue weighted by Gasteiger charge is -2.21. The lowest BCUT2D eigenvalue weighted by atomic mass is 10.0. The van der Waals surface area contributed by atoms with Crippen molar-refractivity contribution in [2.24, 2.45) is 5.92 Å². The highest BCUT2D eigenvalue weighted by molar-refractivity contribution is 7.99. The van der Waals surface area contributed by atoms with Crippen molar-refractivity contribution in [3.05, 3.63) is 57.5 Å². The van der Waals surface area contributed by atoms with Crippen LogP contribution >= 0.6 is 35.5 Å². The van der Waals surface area contributed by atoms with Crippen LogP contribution in [0.1, 0.15) is 40.0 Å². The van der Waals surface area contributed by atoms with E-state index in [1.165, 1.54) is 16.4 Å². The summed E-state index contributed by atoms with van der Waals surface area (Å²) < 4.78 is 13.5. The molecule has 27 heavy (non-hydrogen) atoms. The number of thioether (sulfide) groups is 1. The summed E-state index contributed by atoms with van der Waals surface area (Å²) in [6, 6.07) is 0. The van der Waals surface area contributed by atoms with Gasteiger partial charge in [-0.3, -0.25) is 4.79 Å². The van der Waals surface area contributed by atoms with Gasteiger partial charge in [-0.05, 0) is 45.1 Å². The molecular weight excluding hydrogens is 403 g/mol. The van der Waals surface area contributed by atoms with Crippen molar-refractivity contribution in [1.82, 2.24) is 9.78 Å². The molecule has 1 aromatic heterocycles. The quantitative estimate of drug-likeness (QED) is 0.364. The molecule has 0 saturated carbocycles. The van der Waals surface area contributed by atoms with Crippen LogP contribution in [-0.4, -0.2) is 21.3 Å². The van der Waals surface area contributed by atoms with Gasteiger partial charge in [-0.1, -0.05) is 48.4 Å². The van der Waals surface area contributed by atoms with Gasteiger partial charge in [0.05, 0.1) is 16.6 Å². The molecule has 1 aliphatic rings. The summed E-state index contributed by atoms with van der Waals surface area (Å²) in [5.41, 5.74) is 0.499. The Kier molecular flexibility index (Phi) is 8.70. The molecule has 0 aromatic carbocycles. The zero-order valence-electron chi connectivity index (χ0n) is 16.0. The van der Waals surface area contributed by atoms with E-state index in [1.807, 2.05) is 20.8 Å². The van der Waals surface area contributed by atoms with Crippen LogP contribution in [-0.2, 0) is 5.54 Å². The lowest BCUT2D eigenvalue weighted by molar-refractivity contribution is 0.336. The molecule has 0 amide bonds. The normalized spacial score (nSPS) is 17.1. The van der Waals surface area contributed by atoms with Crippen molar-refractivity contribution in [2.45, 2.75) is 50.5 Å². The lowest BCUT2D eigenvalue weighted by Crippen LogP contribution is -2.36. The van der Waals surface area contributed by atoms with E-state index in [-0.39, 0.29) is 10.6 Å².